The first kappa shape index (κ1) is 21.8. The molecule has 0 aromatic rings. The first-order valence-electron chi connectivity index (χ1n) is 11.2. The van der Waals surface area contributed by atoms with Gasteiger partial charge in [-0.05, 0) is 12.8 Å². The molecule has 0 aromatic heterocycles. The molecule has 0 amide bonds. The second-order valence-electron chi connectivity index (χ2n) is 9.70. The molecule has 0 aliphatic heterocycles. The highest BCUT2D eigenvalue weighted by atomic mass is 28.3. The van der Waals surface area contributed by atoms with Crippen LogP contribution in [-0.2, 0) is 9.53 Å². The first-order chi connectivity index (χ1) is 12.4. The number of ether oxygens (including phenoxy) is 1. The van der Waals surface area contributed by atoms with Crippen LogP contribution in [0.5, 0.6) is 0 Å². The first-order valence-corrected chi connectivity index (χ1v) is 14.7. The highest BCUT2D eigenvalue weighted by molar-refractivity contribution is 6.99. The summed E-state index contributed by atoms with van der Waals surface area (Å²) in [5.41, 5.74) is 0. The summed E-state index contributed by atoms with van der Waals surface area (Å²) >= 11 is 0. The zero-order valence-corrected chi connectivity index (χ0v) is 18.8. The monoisotopic (exact) mass is 376 g/mol. The van der Waals surface area contributed by atoms with Gasteiger partial charge in [0, 0.05) is 6.42 Å². The van der Waals surface area contributed by atoms with Crippen LogP contribution in [0, 0.1) is 0 Å². The second kappa shape index (κ2) is 10.7. The van der Waals surface area contributed by atoms with Crippen molar-refractivity contribution in [1.82, 2.24) is 0 Å². The van der Waals surface area contributed by atoms with Crippen molar-refractivity contribution in [3.63, 3.8) is 0 Å². The van der Waals surface area contributed by atoms with Crippen molar-refractivity contribution in [3.8, 4) is 0 Å². The van der Waals surface area contributed by atoms with Crippen molar-refractivity contribution in [2.24, 2.45) is 0 Å². The molecule has 0 heterocycles. The van der Waals surface area contributed by atoms with Gasteiger partial charge in [-0.25, -0.2) is 0 Å². The summed E-state index contributed by atoms with van der Waals surface area (Å²) < 4.78 is 4.81. The number of carbonyl (C=O) groups is 1. The fourth-order valence-corrected chi connectivity index (χ4v) is 7.66. The second-order valence-corrected chi connectivity index (χ2v) is 14.8. The Balaban J connectivity index is 2.17. The van der Waals surface area contributed by atoms with Gasteiger partial charge in [0.15, 0.2) is 6.71 Å². The van der Waals surface area contributed by atoms with Crippen LogP contribution in [0.2, 0.25) is 31.3 Å². The fraction of sp³-hybridized carbons (Fsp3) is 0.864. The largest absolute Gasteiger partial charge is 0.469 e. The third-order valence-electron chi connectivity index (χ3n) is 6.72. The maximum Gasteiger partial charge on any atom is 0.305 e. The van der Waals surface area contributed by atoms with E-state index in [9.17, 15) is 4.79 Å². The number of hydrogen-bond donors (Lipinski definition) is 0. The van der Waals surface area contributed by atoms with Crippen LogP contribution in [0.15, 0.2) is 11.2 Å². The summed E-state index contributed by atoms with van der Waals surface area (Å²) in [6, 6.07) is 0. The van der Waals surface area contributed by atoms with Crippen molar-refractivity contribution in [2.75, 3.05) is 7.11 Å². The van der Waals surface area contributed by atoms with Crippen LogP contribution < -0.4 is 0 Å². The minimum absolute atomic E-state index is 0.0657. The molecular formula is C22H41BO2Si. The molecule has 0 aromatic carbocycles. The normalized spacial score (nSPS) is 20.8. The van der Waals surface area contributed by atoms with Crippen molar-refractivity contribution >= 4 is 20.8 Å². The van der Waals surface area contributed by atoms with Crippen LogP contribution in [0.3, 0.4) is 0 Å². The highest BCUT2D eigenvalue weighted by Crippen LogP contribution is 2.45. The molecule has 2 aliphatic rings. The average molecular weight is 376 g/mol. The Kier molecular flexibility index (Phi) is 8.99. The van der Waals surface area contributed by atoms with E-state index in [2.05, 4.69) is 25.7 Å². The third-order valence-corrected chi connectivity index (χ3v) is 8.99. The summed E-state index contributed by atoms with van der Waals surface area (Å²) in [4.78, 5) is 11.4. The smallest absolute Gasteiger partial charge is 0.305 e. The van der Waals surface area contributed by atoms with E-state index in [1.54, 1.807) is 0 Å². The maximum atomic E-state index is 11.4. The van der Waals surface area contributed by atoms with E-state index in [1.165, 1.54) is 71.3 Å². The van der Waals surface area contributed by atoms with E-state index in [1.807, 2.05) is 5.10 Å². The molecule has 0 bridgehead atoms. The van der Waals surface area contributed by atoms with Gasteiger partial charge >= 0.3 is 5.97 Å². The fourth-order valence-electron chi connectivity index (χ4n) is 5.43. The van der Waals surface area contributed by atoms with E-state index in [0.717, 1.165) is 31.2 Å². The Morgan fingerprint density at radius 3 is 1.88 bits per heavy atom. The molecule has 0 spiro atoms. The van der Waals surface area contributed by atoms with Crippen LogP contribution in [-0.4, -0.2) is 27.9 Å². The molecule has 2 fully saturated rings. The predicted octanol–water partition coefficient (Wildman–Crippen LogP) is 6.84. The molecule has 2 nitrogen and oxygen atoms in total. The predicted molar refractivity (Wildman–Crippen MR) is 117 cm³/mol. The lowest BCUT2D eigenvalue weighted by molar-refractivity contribution is -0.140. The number of rotatable bonds is 8. The number of hydrogen-bond acceptors (Lipinski definition) is 2. The van der Waals surface area contributed by atoms with Gasteiger partial charge in [0.25, 0.3) is 0 Å². The Morgan fingerprint density at radius 2 is 1.46 bits per heavy atom. The van der Waals surface area contributed by atoms with Crippen molar-refractivity contribution in [1.29, 1.82) is 0 Å². The lowest BCUT2D eigenvalue weighted by Gasteiger charge is -2.41. The molecule has 0 saturated heterocycles. The van der Waals surface area contributed by atoms with Gasteiger partial charge in [0.1, 0.15) is 0 Å². The molecule has 2 aliphatic carbocycles. The summed E-state index contributed by atoms with van der Waals surface area (Å²) in [6.07, 6.45) is 19.6. The third kappa shape index (κ3) is 6.58. The van der Waals surface area contributed by atoms with E-state index in [0.29, 0.717) is 6.42 Å². The zero-order valence-electron chi connectivity index (χ0n) is 17.8. The summed E-state index contributed by atoms with van der Waals surface area (Å²) in [5.74, 6) is 1.78. The van der Waals surface area contributed by atoms with Gasteiger partial charge < -0.3 is 4.74 Å². The summed E-state index contributed by atoms with van der Waals surface area (Å²) in [5, 5.41) is 1.83. The number of carbonyl (C=O) groups excluding carboxylic acids is 1. The molecular weight excluding hydrogens is 335 g/mol. The topological polar surface area (TPSA) is 26.3 Å². The van der Waals surface area contributed by atoms with Crippen LogP contribution >= 0.6 is 0 Å². The van der Waals surface area contributed by atoms with Crippen LogP contribution in [0.4, 0.5) is 0 Å². The number of methoxy groups -OCH3 is 1. The van der Waals surface area contributed by atoms with Gasteiger partial charge in [-0.2, -0.15) is 0 Å². The average Bonchev–Trinajstić information content (AvgIpc) is 2.64. The van der Waals surface area contributed by atoms with Gasteiger partial charge in [0.05, 0.1) is 15.2 Å². The lowest BCUT2D eigenvalue weighted by atomic mass is 9.30. The number of unbranched alkanes of at least 4 members (excludes halogenated alkanes) is 1. The molecule has 0 unspecified atom stereocenters. The Morgan fingerprint density at radius 1 is 0.962 bits per heavy atom. The molecule has 2 saturated carbocycles. The molecule has 4 heteroatoms. The Bertz CT molecular complexity index is 439. The molecule has 26 heavy (non-hydrogen) atoms. The van der Waals surface area contributed by atoms with Crippen LogP contribution in [0.25, 0.3) is 0 Å². The van der Waals surface area contributed by atoms with Crippen molar-refractivity contribution in [2.45, 2.75) is 115 Å². The van der Waals surface area contributed by atoms with Gasteiger partial charge in [0.2, 0.25) is 0 Å². The van der Waals surface area contributed by atoms with E-state index in [4.69, 9.17) is 4.74 Å². The van der Waals surface area contributed by atoms with Crippen molar-refractivity contribution in [3.05, 3.63) is 11.2 Å². The van der Waals surface area contributed by atoms with Gasteiger partial charge in [-0.3, -0.25) is 4.79 Å². The Hall–Kier alpha value is -0.508. The minimum Gasteiger partial charge on any atom is -0.469 e. The molecule has 2 rings (SSSR count). The highest BCUT2D eigenvalue weighted by Gasteiger charge is 2.40. The lowest BCUT2D eigenvalue weighted by Crippen LogP contribution is -2.42. The van der Waals surface area contributed by atoms with Crippen LogP contribution in [0.1, 0.15) is 83.5 Å². The minimum atomic E-state index is -1.36. The number of allylic oxidation sites excluding steroid dienone is 1. The Labute approximate surface area is 163 Å². The zero-order chi connectivity index (χ0) is 19.0. The van der Waals surface area contributed by atoms with E-state index < -0.39 is 8.07 Å². The molecule has 0 radical (unpaired) electrons. The van der Waals surface area contributed by atoms with Crippen molar-refractivity contribution < 1.29 is 9.53 Å². The van der Waals surface area contributed by atoms with E-state index in [-0.39, 0.29) is 5.97 Å². The summed E-state index contributed by atoms with van der Waals surface area (Å²) in [7, 11) is 0.136. The maximum absolute atomic E-state index is 11.4. The van der Waals surface area contributed by atoms with Gasteiger partial charge in [-0.1, -0.05) is 102 Å². The van der Waals surface area contributed by atoms with E-state index >= 15 is 0 Å². The molecule has 148 valence electrons. The summed E-state index contributed by atoms with van der Waals surface area (Å²) in [6.45, 7) is 8.45. The SMILES string of the molecule is COC(=O)CCC/C=C(/B(C1CCCCC1)C1CCCCC1)[Si](C)(C)C. The number of esters is 1. The molecule has 0 atom stereocenters. The van der Waals surface area contributed by atoms with Gasteiger partial charge in [-0.15, -0.1) is 5.10 Å². The standard InChI is InChI=1S/C22H41BO2Si/c1-25-22(24)18-12-11-17-21(26(2,3)4)23(19-13-7-5-8-14-19)20-15-9-6-10-16-20/h17,19-20H,5-16,18H2,1-4H3/b21-17-. The quantitative estimate of drug-likeness (QED) is 0.263. The molecule has 0 N–H and O–H groups in total.